The number of aromatic carboxylic acids is 1. The first kappa shape index (κ1) is 12.1. The van der Waals surface area contributed by atoms with Gasteiger partial charge in [0.05, 0.1) is 12.1 Å². The number of carboxylic acids is 1. The van der Waals surface area contributed by atoms with Crippen molar-refractivity contribution < 1.29 is 9.90 Å². The molecule has 4 nitrogen and oxygen atoms in total. The zero-order chi connectivity index (χ0) is 12.3. The maximum atomic E-state index is 10.9. The number of anilines is 1. The van der Waals surface area contributed by atoms with E-state index in [0.717, 1.165) is 15.2 Å². The van der Waals surface area contributed by atoms with Crippen LogP contribution >= 0.6 is 27.3 Å². The van der Waals surface area contributed by atoms with E-state index in [1.54, 1.807) is 29.7 Å². The molecule has 88 valence electrons. The Morgan fingerprint density at radius 2 is 2.29 bits per heavy atom. The van der Waals surface area contributed by atoms with Crippen molar-refractivity contribution in [1.29, 1.82) is 0 Å². The molecule has 0 atom stereocenters. The third-order valence-electron chi connectivity index (χ3n) is 2.07. The number of carbonyl (C=O) groups is 1. The van der Waals surface area contributed by atoms with Crippen LogP contribution in [0.2, 0.25) is 0 Å². The number of nitrogens with one attached hydrogen (secondary N) is 1. The van der Waals surface area contributed by atoms with E-state index in [-0.39, 0.29) is 5.56 Å². The van der Waals surface area contributed by atoms with E-state index in [4.69, 9.17) is 5.11 Å². The second kappa shape index (κ2) is 5.29. The first-order valence-corrected chi connectivity index (χ1v) is 6.48. The van der Waals surface area contributed by atoms with Crippen LogP contribution in [0, 0.1) is 0 Å². The SMILES string of the molecule is O=C(O)c1cc(Br)cc(NCc2nccs2)c1. The molecule has 1 aromatic carbocycles. The minimum absolute atomic E-state index is 0.251. The molecular formula is C11H9BrN2O2S. The molecule has 2 rings (SSSR count). The van der Waals surface area contributed by atoms with Crippen LogP contribution in [0.3, 0.4) is 0 Å². The number of thiazole rings is 1. The largest absolute Gasteiger partial charge is 0.478 e. The summed E-state index contributed by atoms with van der Waals surface area (Å²) in [6, 6.07) is 5.00. The first-order chi connectivity index (χ1) is 8.15. The Bertz CT molecular complexity index is 528. The van der Waals surface area contributed by atoms with E-state index in [2.05, 4.69) is 26.2 Å². The van der Waals surface area contributed by atoms with Crippen molar-refractivity contribution in [2.24, 2.45) is 0 Å². The maximum absolute atomic E-state index is 10.9. The van der Waals surface area contributed by atoms with E-state index in [1.807, 2.05) is 11.4 Å². The van der Waals surface area contributed by atoms with Crippen LogP contribution in [0.25, 0.3) is 0 Å². The highest BCUT2D eigenvalue weighted by atomic mass is 79.9. The van der Waals surface area contributed by atoms with Crippen LogP contribution in [0.4, 0.5) is 5.69 Å². The lowest BCUT2D eigenvalue weighted by Crippen LogP contribution is -2.02. The molecule has 1 aromatic heterocycles. The second-order valence-electron chi connectivity index (χ2n) is 3.31. The summed E-state index contributed by atoms with van der Waals surface area (Å²) in [5.41, 5.74) is 1.01. The van der Waals surface area contributed by atoms with Gasteiger partial charge in [0.15, 0.2) is 0 Å². The average Bonchev–Trinajstić information content (AvgIpc) is 2.78. The molecule has 0 aliphatic carbocycles. The quantitative estimate of drug-likeness (QED) is 0.910. The molecule has 0 unspecified atom stereocenters. The smallest absolute Gasteiger partial charge is 0.335 e. The number of benzene rings is 1. The normalized spacial score (nSPS) is 10.2. The minimum atomic E-state index is -0.941. The standard InChI is InChI=1S/C11H9BrN2O2S/c12-8-3-7(11(15)16)4-9(5-8)14-6-10-13-1-2-17-10/h1-5,14H,6H2,(H,15,16). The van der Waals surface area contributed by atoms with Gasteiger partial charge >= 0.3 is 5.97 Å². The maximum Gasteiger partial charge on any atom is 0.335 e. The minimum Gasteiger partial charge on any atom is -0.478 e. The van der Waals surface area contributed by atoms with Crippen LogP contribution in [-0.2, 0) is 6.54 Å². The van der Waals surface area contributed by atoms with E-state index >= 15 is 0 Å². The van der Waals surface area contributed by atoms with Crippen molar-refractivity contribution in [3.8, 4) is 0 Å². The monoisotopic (exact) mass is 312 g/mol. The Balaban J connectivity index is 2.13. The summed E-state index contributed by atoms with van der Waals surface area (Å²) in [7, 11) is 0. The Kier molecular flexibility index (Phi) is 3.75. The summed E-state index contributed by atoms with van der Waals surface area (Å²) < 4.78 is 0.735. The fraction of sp³-hybridized carbons (Fsp3) is 0.0909. The lowest BCUT2D eigenvalue weighted by atomic mass is 10.2. The van der Waals surface area contributed by atoms with Gasteiger partial charge in [-0.25, -0.2) is 9.78 Å². The second-order valence-corrected chi connectivity index (χ2v) is 5.21. The molecule has 1 heterocycles. The van der Waals surface area contributed by atoms with Gasteiger partial charge in [-0.05, 0) is 18.2 Å². The molecule has 0 aliphatic heterocycles. The topological polar surface area (TPSA) is 62.2 Å². The predicted molar refractivity (Wildman–Crippen MR) is 70.5 cm³/mol. The predicted octanol–water partition coefficient (Wildman–Crippen LogP) is 3.22. The third-order valence-corrected chi connectivity index (χ3v) is 3.31. The zero-order valence-corrected chi connectivity index (χ0v) is 11.1. The van der Waals surface area contributed by atoms with Gasteiger partial charge in [-0.1, -0.05) is 15.9 Å². The Morgan fingerprint density at radius 3 is 2.94 bits per heavy atom. The van der Waals surface area contributed by atoms with E-state index in [9.17, 15) is 4.79 Å². The highest BCUT2D eigenvalue weighted by Crippen LogP contribution is 2.20. The molecule has 2 aromatic rings. The lowest BCUT2D eigenvalue weighted by molar-refractivity contribution is 0.0697. The third kappa shape index (κ3) is 3.28. The zero-order valence-electron chi connectivity index (χ0n) is 8.68. The summed E-state index contributed by atoms with van der Waals surface area (Å²) in [6.45, 7) is 0.590. The molecule has 0 saturated heterocycles. The Morgan fingerprint density at radius 1 is 1.47 bits per heavy atom. The van der Waals surface area contributed by atoms with Crippen molar-refractivity contribution in [3.63, 3.8) is 0 Å². The molecule has 0 bridgehead atoms. The molecule has 0 radical (unpaired) electrons. The number of halogens is 1. The van der Waals surface area contributed by atoms with Gasteiger partial charge in [0.1, 0.15) is 5.01 Å². The molecule has 0 amide bonds. The van der Waals surface area contributed by atoms with Crippen LogP contribution in [-0.4, -0.2) is 16.1 Å². The van der Waals surface area contributed by atoms with E-state index in [0.29, 0.717) is 6.54 Å². The number of carboxylic acid groups (broad SMARTS) is 1. The van der Waals surface area contributed by atoms with Gasteiger partial charge in [0.25, 0.3) is 0 Å². The lowest BCUT2D eigenvalue weighted by Gasteiger charge is -2.06. The van der Waals surface area contributed by atoms with Crippen molar-refractivity contribution in [3.05, 3.63) is 44.8 Å². The number of nitrogens with zero attached hydrogens (tertiary/aromatic N) is 1. The van der Waals surface area contributed by atoms with Crippen molar-refractivity contribution in [2.45, 2.75) is 6.54 Å². The molecule has 0 spiro atoms. The van der Waals surface area contributed by atoms with Crippen LogP contribution < -0.4 is 5.32 Å². The van der Waals surface area contributed by atoms with E-state index < -0.39 is 5.97 Å². The van der Waals surface area contributed by atoms with E-state index in [1.165, 1.54) is 0 Å². The van der Waals surface area contributed by atoms with Gasteiger partial charge in [-0.2, -0.15) is 0 Å². The summed E-state index contributed by atoms with van der Waals surface area (Å²) in [5.74, 6) is -0.941. The Hall–Kier alpha value is -1.40. The highest BCUT2D eigenvalue weighted by molar-refractivity contribution is 9.10. The van der Waals surface area contributed by atoms with Gasteiger partial charge in [0.2, 0.25) is 0 Å². The van der Waals surface area contributed by atoms with Gasteiger partial charge < -0.3 is 10.4 Å². The fourth-order valence-electron chi connectivity index (χ4n) is 1.33. The molecule has 0 saturated carbocycles. The average molecular weight is 313 g/mol. The highest BCUT2D eigenvalue weighted by Gasteiger charge is 2.06. The summed E-state index contributed by atoms with van der Waals surface area (Å²) >= 11 is 4.84. The molecule has 6 heteroatoms. The number of hydrogen-bond donors (Lipinski definition) is 2. The van der Waals surface area contributed by atoms with Gasteiger partial charge in [0, 0.05) is 21.7 Å². The summed E-state index contributed by atoms with van der Waals surface area (Å²) in [5, 5.41) is 14.9. The molecule has 0 aliphatic rings. The molecule has 2 N–H and O–H groups in total. The van der Waals surface area contributed by atoms with Crippen molar-refractivity contribution in [1.82, 2.24) is 4.98 Å². The van der Waals surface area contributed by atoms with Gasteiger partial charge in [-0.15, -0.1) is 11.3 Å². The van der Waals surface area contributed by atoms with Crippen LogP contribution in [0.1, 0.15) is 15.4 Å². The van der Waals surface area contributed by atoms with Crippen LogP contribution in [0.15, 0.2) is 34.2 Å². The summed E-state index contributed by atoms with van der Waals surface area (Å²) in [4.78, 5) is 15.0. The number of rotatable bonds is 4. The number of hydrogen-bond acceptors (Lipinski definition) is 4. The molecule has 17 heavy (non-hydrogen) atoms. The first-order valence-electron chi connectivity index (χ1n) is 4.81. The summed E-state index contributed by atoms with van der Waals surface area (Å²) in [6.07, 6.45) is 1.74. The van der Waals surface area contributed by atoms with Crippen molar-refractivity contribution in [2.75, 3.05) is 5.32 Å². The Labute approximate surface area is 110 Å². The fourth-order valence-corrected chi connectivity index (χ4v) is 2.38. The van der Waals surface area contributed by atoms with Crippen LogP contribution in [0.5, 0.6) is 0 Å². The van der Waals surface area contributed by atoms with Crippen molar-refractivity contribution >= 4 is 38.9 Å². The van der Waals surface area contributed by atoms with Gasteiger partial charge in [-0.3, -0.25) is 0 Å². The molecule has 0 fully saturated rings. The number of aromatic nitrogens is 1. The molecular weight excluding hydrogens is 304 g/mol.